The highest BCUT2D eigenvalue weighted by molar-refractivity contribution is 5.99. The molecule has 2 rings (SSSR count). The van der Waals surface area contributed by atoms with E-state index in [1.807, 2.05) is 38.7 Å². The summed E-state index contributed by atoms with van der Waals surface area (Å²) in [5, 5.41) is 3.24. The van der Waals surface area contributed by atoms with Crippen molar-refractivity contribution in [1.82, 2.24) is 9.88 Å². The van der Waals surface area contributed by atoms with Crippen LogP contribution in [-0.2, 0) is 4.74 Å². The van der Waals surface area contributed by atoms with Gasteiger partial charge in [0.05, 0.1) is 23.5 Å². The fraction of sp³-hybridized carbons (Fsp3) is 0.600. The first kappa shape index (κ1) is 14.8. The van der Waals surface area contributed by atoms with Crippen molar-refractivity contribution in [2.75, 3.05) is 25.0 Å². The van der Waals surface area contributed by atoms with Crippen molar-refractivity contribution in [1.29, 1.82) is 0 Å². The Hall–Kier alpha value is -1.62. The van der Waals surface area contributed by atoms with Crippen molar-refractivity contribution >= 4 is 11.6 Å². The molecule has 1 N–H and O–H groups in total. The summed E-state index contributed by atoms with van der Waals surface area (Å²) >= 11 is 0. The lowest BCUT2D eigenvalue weighted by atomic mass is 10.1. The lowest BCUT2D eigenvalue weighted by molar-refractivity contribution is -0.0586. The minimum Gasteiger partial charge on any atom is -0.385 e. The van der Waals surface area contributed by atoms with Gasteiger partial charge < -0.3 is 15.0 Å². The summed E-state index contributed by atoms with van der Waals surface area (Å²) in [5.41, 5.74) is 2.40. The molecule has 1 aromatic rings. The summed E-state index contributed by atoms with van der Waals surface area (Å²) in [6, 6.07) is 1.92. The fourth-order valence-corrected chi connectivity index (χ4v) is 2.58. The number of hydrogen-bond acceptors (Lipinski definition) is 4. The van der Waals surface area contributed by atoms with Crippen LogP contribution in [0.1, 0.15) is 36.8 Å². The summed E-state index contributed by atoms with van der Waals surface area (Å²) in [6.45, 7) is 9.96. The Bertz CT molecular complexity index is 480. The third-order valence-corrected chi connectivity index (χ3v) is 3.35. The van der Waals surface area contributed by atoms with E-state index in [4.69, 9.17) is 4.74 Å². The Morgan fingerprint density at radius 1 is 1.45 bits per heavy atom. The topological polar surface area (TPSA) is 54.5 Å². The van der Waals surface area contributed by atoms with Gasteiger partial charge in [0, 0.05) is 31.5 Å². The number of carbonyl (C=O) groups excluding carboxylic acids is 1. The molecule has 5 heteroatoms. The molecule has 0 bridgehead atoms. The van der Waals surface area contributed by atoms with E-state index in [0.717, 1.165) is 17.9 Å². The van der Waals surface area contributed by atoms with Gasteiger partial charge in [-0.3, -0.25) is 9.78 Å². The Labute approximate surface area is 120 Å². The van der Waals surface area contributed by atoms with Crippen molar-refractivity contribution in [2.45, 2.75) is 39.9 Å². The van der Waals surface area contributed by atoms with Gasteiger partial charge in [0.2, 0.25) is 0 Å². The lowest BCUT2D eigenvalue weighted by Gasteiger charge is -2.35. The molecular formula is C15H23N3O2. The number of aryl methyl sites for hydroxylation is 1. The molecule has 2 atom stereocenters. The number of pyridine rings is 1. The van der Waals surface area contributed by atoms with Crippen LogP contribution < -0.4 is 5.32 Å². The molecule has 0 radical (unpaired) electrons. The molecule has 1 aromatic heterocycles. The predicted molar refractivity (Wildman–Crippen MR) is 79.1 cm³/mol. The average Bonchev–Trinajstić information content (AvgIpc) is 2.37. The zero-order chi connectivity index (χ0) is 14.7. The van der Waals surface area contributed by atoms with E-state index >= 15 is 0 Å². The number of aromatic nitrogens is 1. The van der Waals surface area contributed by atoms with E-state index < -0.39 is 0 Å². The van der Waals surface area contributed by atoms with Gasteiger partial charge in [-0.05, 0) is 33.8 Å². The predicted octanol–water partition coefficient (Wildman–Crippen LogP) is 2.07. The third-order valence-electron chi connectivity index (χ3n) is 3.35. The maximum atomic E-state index is 12.7. The van der Waals surface area contributed by atoms with E-state index in [9.17, 15) is 4.79 Å². The first-order valence-corrected chi connectivity index (χ1v) is 7.16. The maximum Gasteiger partial charge on any atom is 0.257 e. The van der Waals surface area contributed by atoms with Crippen LogP contribution in [0.2, 0.25) is 0 Å². The SMILES string of the molecule is CCNc1cc(C)ncc1C(=O)N1C[C@@H](C)O[C@@H](C)C1. The zero-order valence-corrected chi connectivity index (χ0v) is 12.6. The molecule has 1 amide bonds. The zero-order valence-electron chi connectivity index (χ0n) is 12.6. The van der Waals surface area contributed by atoms with Gasteiger partial charge in [-0.15, -0.1) is 0 Å². The number of amides is 1. The normalized spacial score (nSPS) is 22.7. The Balaban J connectivity index is 2.24. The summed E-state index contributed by atoms with van der Waals surface area (Å²) in [6.07, 6.45) is 1.81. The van der Waals surface area contributed by atoms with Gasteiger partial charge in [-0.1, -0.05) is 0 Å². The fourth-order valence-electron chi connectivity index (χ4n) is 2.58. The Kier molecular flexibility index (Phi) is 4.60. The number of hydrogen-bond donors (Lipinski definition) is 1. The van der Waals surface area contributed by atoms with Crippen molar-refractivity contribution in [3.63, 3.8) is 0 Å². The minimum atomic E-state index is 0.0236. The molecule has 1 aliphatic heterocycles. The highest BCUT2D eigenvalue weighted by Crippen LogP contribution is 2.20. The molecule has 0 aromatic carbocycles. The van der Waals surface area contributed by atoms with Gasteiger partial charge in [0.15, 0.2) is 0 Å². The van der Waals surface area contributed by atoms with Crippen LogP contribution in [0.25, 0.3) is 0 Å². The standard InChI is InChI=1S/C15H23N3O2/c1-5-16-14-6-10(2)17-7-13(14)15(19)18-8-11(3)20-12(4)9-18/h6-7,11-12H,5,8-9H2,1-4H3,(H,16,17)/t11-,12+. The van der Waals surface area contributed by atoms with E-state index in [0.29, 0.717) is 18.7 Å². The molecule has 110 valence electrons. The molecule has 5 nitrogen and oxygen atoms in total. The van der Waals surface area contributed by atoms with E-state index in [1.165, 1.54) is 0 Å². The molecule has 0 spiro atoms. The second-order valence-electron chi connectivity index (χ2n) is 5.37. The Morgan fingerprint density at radius 3 is 2.70 bits per heavy atom. The average molecular weight is 277 g/mol. The molecule has 20 heavy (non-hydrogen) atoms. The number of rotatable bonds is 3. The number of carbonyl (C=O) groups is 1. The summed E-state index contributed by atoms with van der Waals surface area (Å²) in [5.74, 6) is 0.0236. The van der Waals surface area contributed by atoms with Gasteiger partial charge in [0.1, 0.15) is 0 Å². The second kappa shape index (κ2) is 6.22. The lowest BCUT2D eigenvalue weighted by Crippen LogP contribution is -2.48. The van der Waals surface area contributed by atoms with Gasteiger partial charge in [0.25, 0.3) is 5.91 Å². The van der Waals surface area contributed by atoms with Gasteiger partial charge in [-0.2, -0.15) is 0 Å². The minimum absolute atomic E-state index is 0.0236. The molecule has 0 unspecified atom stereocenters. The summed E-state index contributed by atoms with van der Waals surface area (Å²) < 4.78 is 5.67. The summed E-state index contributed by atoms with van der Waals surface area (Å²) in [4.78, 5) is 18.8. The van der Waals surface area contributed by atoms with Crippen LogP contribution >= 0.6 is 0 Å². The highest BCUT2D eigenvalue weighted by atomic mass is 16.5. The van der Waals surface area contributed by atoms with Crippen LogP contribution in [0.3, 0.4) is 0 Å². The van der Waals surface area contributed by atoms with Crippen molar-refractivity contribution in [2.24, 2.45) is 0 Å². The first-order valence-electron chi connectivity index (χ1n) is 7.16. The van der Waals surface area contributed by atoms with Gasteiger partial charge >= 0.3 is 0 Å². The first-order chi connectivity index (χ1) is 9.51. The number of ether oxygens (including phenoxy) is 1. The number of nitrogens with one attached hydrogen (secondary N) is 1. The maximum absolute atomic E-state index is 12.7. The number of nitrogens with zero attached hydrogens (tertiary/aromatic N) is 2. The van der Waals surface area contributed by atoms with E-state index in [-0.39, 0.29) is 18.1 Å². The van der Waals surface area contributed by atoms with Crippen LogP contribution in [0, 0.1) is 6.92 Å². The molecule has 2 heterocycles. The molecule has 1 fully saturated rings. The number of morpholine rings is 1. The second-order valence-corrected chi connectivity index (χ2v) is 5.37. The highest BCUT2D eigenvalue weighted by Gasteiger charge is 2.28. The van der Waals surface area contributed by atoms with Crippen molar-refractivity contribution in [3.8, 4) is 0 Å². The molecule has 0 aliphatic carbocycles. The van der Waals surface area contributed by atoms with E-state index in [2.05, 4.69) is 10.3 Å². The van der Waals surface area contributed by atoms with Crippen LogP contribution in [0.15, 0.2) is 12.3 Å². The molecular weight excluding hydrogens is 254 g/mol. The smallest absolute Gasteiger partial charge is 0.257 e. The van der Waals surface area contributed by atoms with Gasteiger partial charge in [-0.25, -0.2) is 0 Å². The number of anilines is 1. The monoisotopic (exact) mass is 277 g/mol. The van der Waals surface area contributed by atoms with Crippen LogP contribution in [0.4, 0.5) is 5.69 Å². The summed E-state index contributed by atoms with van der Waals surface area (Å²) in [7, 11) is 0. The van der Waals surface area contributed by atoms with Crippen LogP contribution in [-0.4, -0.2) is 47.6 Å². The van der Waals surface area contributed by atoms with Crippen molar-refractivity contribution < 1.29 is 9.53 Å². The molecule has 1 saturated heterocycles. The largest absolute Gasteiger partial charge is 0.385 e. The Morgan fingerprint density at radius 2 is 2.10 bits per heavy atom. The van der Waals surface area contributed by atoms with Crippen LogP contribution in [0.5, 0.6) is 0 Å². The van der Waals surface area contributed by atoms with Crippen molar-refractivity contribution in [3.05, 3.63) is 23.5 Å². The van der Waals surface area contributed by atoms with E-state index in [1.54, 1.807) is 6.20 Å². The molecule has 1 aliphatic rings. The molecule has 0 saturated carbocycles. The third kappa shape index (κ3) is 3.28. The quantitative estimate of drug-likeness (QED) is 0.919.